The zero-order chi connectivity index (χ0) is 19.6. The average Bonchev–Trinajstić information content (AvgIpc) is 3.09. The van der Waals surface area contributed by atoms with E-state index in [2.05, 4.69) is 32.9 Å². The molecule has 0 atom stereocenters. The van der Waals surface area contributed by atoms with Crippen molar-refractivity contribution in [3.8, 4) is 5.75 Å². The van der Waals surface area contributed by atoms with Gasteiger partial charge in [0.25, 0.3) is 5.91 Å². The third-order valence-corrected chi connectivity index (χ3v) is 5.44. The van der Waals surface area contributed by atoms with E-state index in [-0.39, 0.29) is 11.7 Å². The van der Waals surface area contributed by atoms with Gasteiger partial charge in [0.05, 0.1) is 17.7 Å². The van der Waals surface area contributed by atoms with Crippen molar-refractivity contribution in [2.75, 3.05) is 12.4 Å². The molecule has 0 bridgehead atoms. The van der Waals surface area contributed by atoms with Crippen molar-refractivity contribution in [1.82, 2.24) is 9.55 Å². The predicted molar refractivity (Wildman–Crippen MR) is 112 cm³/mol. The molecule has 0 unspecified atom stereocenters. The Morgan fingerprint density at radius 3 is 2.52 bits per heavy atom. The van der Waals surface area contributed by atoms with Crippen molar-refractivity contribution in [2.45, 2.75) is 0 Å². The number of aromatic nitrogens is 2. The van der Waals surface area contributed by atoms with Crippen LogP contribution in [-0.4, -0.2) is 28.4 Å². The number of imidazole rings is 1. The van der Waals surface area contributed by atoms with E-state index in [1.165, 1.54) is 7.11 Å². The number of halogens is 2. The number of nitrogens with one attached hydrogen (secondary N) is 1. The summed E-state index contributed by atoms with van der Waals surface area (Å²) in [4.78, 5) is 29.1. The number of anilines is 1. The van der Waals surface area contributed by atoms with Crippen molar-refractivity contribution >= 4 is 51.6 Å². The van der Waals surface area contributed by atoms with Crippen LogP contribution in [0, 0.1) is 3.57 Å². The van der Waals surface area contributed by atoms with Gasteiger partial charge in [-0.2, -0.15) is 0 Å². The number of hydrogen-bond donors (Lipinski definition) is 1. The second-order valence-corrected chi connectivity index (χ2v) is 7.26. The number of rotatable bonds is 5. The number of hydrogen-bond acceptors (Lipinski definition) is 4. The number of ether oxygens (including phenoxy) is 1. The molecule has 2 aromatic carbocycles. The van der Waals surface area contributed by atoms with Gasteiger partial charge < -0.3 is 14.6 Å². The van der Waals surface area contributed by atoms with Crippen LogP contribution in [0.4, 0.5) is 5.69 Å². The molecular weight excluding hydrogens is 481 g/mol. The number of aryl methyl sites for hydroxylation is 1. The summed E-state index contributed by atoms with van der Waals surface area (Å²) in [5.41, 5.74) is 1.36. The molecule has 0 aliphatic heterocycles. The van der Waals surface area contributed by atoms with Crippen LogP contribution in [0.25, 0.3) is 0 Å². The molecule has 0 radical (unpaired) electrons. The Bertz CT molecular complexity index is 1020. The van der Waals surface area contributed by atoms with Gasteiger partial charge in [-0.1, -0.05) is 11.6 Å². The number of ketones is 1. The van der Waals surface area contributed by atoms with Gasteiger partial charge in [-0.25, -0.2) is 4.98 Å². The molecule has 138 valence electrons. The van der Waals surface area contributed by atoms with Crippen LogP contribution >= 0.6 is 34.2 Å². The standard InChI is InChI=1S/C19H15ClIN3O3/c1-24-8-7-22-18(24)17(25)11-3-5-12(6-4-11)23-19(26)13-9-14(20)15(21)10-16(13)27-2/h3-10H,1-2H3,(H,23,26). The number of carbonyl (C=O) groups excluding carboxylic acids is 2. The maximum atomic E-state index is 12.6. The normalized spacial score (nSPS) is 10.5. The van der Waals surface area contributed by atoms with Crippen LogP contribution in [0.5, 0.6) is 5.75 Å². The summed E-state index contributed by atoms with van der Waals surface area (Å²) in [6.07, 6.45) is 3.28. The van der Waals surface area contributed by atoms with Crippen molar-refractivity contribution in [3.05, 3.63) is 74.3 Å². The highest BCUT2D eigenvalue weighted by Gasteiger charge is 2.17. The second kappa shape index (κ2) is 8.10. The van der Waals surface area contributed by atoms with Crippen LogP contribution in [0.1, 0.15) is 26.5 Å². The van der Waals surface area contributed by atoms with Crippen molar-refractivity contribution in [2.24, 2.45) is 7.05 Å². The van der Waals surface area contributed by atoms with Crippen LogP contribution in [0.2, 0.25) is 5.02 Å². The molecule has 0 fully saturated rings. The van der Waals surface area contributed by atoms with E-state index in [0.717, 1.165) is 3.57 Å². The Hall–Kier alpha value is -2.39. The molecule has 3 aromatic rings. The quantitative estimate of drug-likeness (QED) is 0.426. The third-order valence-electron chi connectivity index (χ3n) is 3.92. The minimum absolute atomic E-state index is 0.188. The van der Waals surface area contributed by atoms with E-state index in [9.17, 15) is 9.59 Å². The molecule has 3 rings (SSSR count). The topological polar surface area (TPSA) is 73.2 Å². The van der Waals surface area contributed by atoms with Crippen molar-refractivity contribution < 1.29 is 14.3 Å². The first kappa shape index (κ1) is 19.4. The fourth-order valence-corrected chi connectivity index (χ4v) is 3.09. The smallest absolute Gasteiger partial charge is 0.259 e. The number of methoxy groups -OCH3 is 1. The predicted octanol–water partition coefficient (Wildman–Crippen LogP) is 4.17. The lowest BCUT2D eigenvalue weighted by Gasteiger charge is -2.11. The molecular formula is C19H15ClIN3O3. The van der Waals surface area contributed by atoms with Gasteiger partial charge in [-0.3, -0.25) is 9.59 Å². The summed E-state index contributed by atoms with van der Waals surface area (Å²) in [5.74, 6) is 0.243. The maximum absolute atomic E-state index is 12.6. The minimum Gasteiger partial charge on any atom is -0.496 e. The second-order valence-electron chi connectivity index (χ2n) is 5.69. The Balaban J connectivity index is 1.79. The molecule has 6 nitrogen and oxygen atoms in total. The van der Waals surface area contributed by atoms with Crippen LogP contribution in [0.15, 0.2) is 48.8 Å². The first-order valence-corrected chi connectivity index (χ1v) is 9.33. The SMILES string of the molecule is COc1cc(I)c(Cl)cc1C(=O)Nc1ccc(C(=O)c2nccn2C)cc1. The van der Waals surface area contributed by atoms with E-state index >= 15 is 0 Å². The summed E-state index contributed by atoms with van der Waals surface area (Å²) >= 11 is 8.19. The molecule has 1 heterocycles. The highest BCUT2D eigenvalue weighted by atomic mass is 127. The number of benzene rings is 2. The summed E-state index contributed by atoms with van der Waals surface area (Å²) in [6.45, 7) is 0. The summed E-state index contributed by atoms with van der Waals surface area (Å²) in [7, 11) is 3.25. The van der Waals surface area contributed by atoms with Gasteiger partial charge in [0.2, 0.25) is 5.78 Å². The third kappa shape index (κ3) is 4.14. The Labute approximate surface area is 174 Å². The largest absolute Gasteiger partial charge is 0.496 e. The van der Waals surface area contributed by atoms with Gasteiger partial charge in [0, 0.05) is 34.3 Å². The Kier molecular flexibility index (Phi) is 5.81. The lowest BCUT2D eigenvalue weighted by Crippen LogP contribution is -2.14. The molecule has 0 saturated carbocycles. The summed E-state index contributed by atoms with van der Waals surface area (Å²) in [6, 6.07) is 9.88. The van der Waals surface area contributed by atoms with E-state index in [0.29, 0.717) is 33.4 Å². The minimum atomic E-state index is -0.353. The highest BCUT2D eigenvalue weighted by molar-refractivity contribution is 14.1. The van der Waals surface area contributed by atoms with Crippen LogP contribution < -0.4 is 10.1 Å². The van der Waals surface area contributed by atoms with E-state index in [1.54, 1.807) is 60.4 Å². The first-order chi connectivity index (χ1) is 12.9. The van der Waals surface area contributed by atoms with Gasteiger partial charge in [0.1, 0.15) is 5.75 Å². The zero-order valence-electron chi connectivity index (χ0n) is 14.5. The van der Waals surface area contributed by atoms with Crippen molar-refractivity contribution in [1.29, 1.82) is 0 Å². The number of nitrogens with zero attached hydrogens (tertiary/aromatic N) is 2. The van der Waals surface area contributed by atoms with Crippen LogP contribution in [-0.2, 0) is 7.05 Å². The molecule has 0 spiro atoms. The lowest BCUT2D eigenvalue weighted by atomic mass is 10.1. The molecule has 8 heteroatoms. The van der Waals surface area contributed by atoms with Crippen molar-refractivity contribution in [3.63, 3.8) is 0 Å². The Morgan fingerprint density at radius 1 is 1.22 bits per heavy atom. The summed E-state index contributed by atoms with van der Waals surface area (Å²) < 4.78 is 7.71. The molecule has 27 heavy (non-hydrogen) atoms. The molecule has 1 N–H and O–H groups in total. The van der Waals surface area contributed by atoms with E-state index < -0.39 is 0 Å². The summed E-state index contributed by atoms with van der Waals surface area (Å²) in [5, 5.41) is 3.25. The fourth-order valence-electron chi connectivity index (χ4n) is 2.49. The molecule has 0 aliphatic rings. The molecule has 0 aliphatic carbocycles. The first-order valence-electron chi connectivity index (χ1n) is 7.87. The van der Waals surface area contributed by atoms with E-state index in [4.69, 9.17) is 16.3 Å². The monoisotopic (exact) mass is 495 g/mol. The van der Waals surface area contributed by atoms with Gasteiger partial charge in [0.15, 0.2) is 5.82 Å². The maximum Gasteiger partial charge on any atom is 0.259 e. The van der Waals surface area contributed by atoms with Crippen LogP contribution in [0.3, 0.4) is 0 Å². The number of amides is 1. The zero-order valence-corrected chi connectivity index (χ0v) is 17.4. The van der Waals surface area contributed by atoms with Gasteiger partial charge in [-0.15, -0.1) is 0 Å². The fraction of sp³-hybridized carbons (Fsp3) is 0.105. The highest BCUT2D eigenvalue weighted by Crippen LogP contribution is 2.29. The van der Waals surface area contributed by atoms with E-state index in [1.807, 2.05) is 0 Å². The van der Waals surface area contributed by atoms with Gasteiger partial charge >= 0.3 is 0 Å². The number of carbonyl (C=O) groups is 2. The molecule has 0 saturated heterocycles. The molecule has 1 aromatic heterocycles. The Morgan fingerprint density at radius 2 is 1.93 bits per heavy atom. The van der Waals surface area contributed by atoms with Gasteiger partial charge in [-0.05, 0) is 59.0 Å². The lowest BCUT2D eigenvalue weighted by molar-refractivity contribution is 0.101. The average molecular weight is 496 g/mol. The molecule has 1 amide bonds.